The van der Waals surface area contributed by atoms with Gasteiger partial charge in [0.25, 0.3) is 6.01 Å². The zero-order valence-electron chi connectivity index (χ0n) is 20.1. The Balaban J connectivity index is 1.33. The topological polar surface area (TPSA) is 119 Å². The molecule has 2 fully saturated rings. The third-order valence-corrected chi connectivity index (χ3v) is 7.29. The minimum absolute atomic E-state index is 0.235. The van der Waals surface area contributed by atoms with Crippen LogP contribution in [0.15, 0.2) is 30.3 Å². The first-order chi connectivity index (χ1) is 16.6. The van der Waals surface area contributed by atoms with Gasteiger partial charge in [0.1, 0.15) is 12.2 Å². The number of rotatable bonds is 5. The van der Waals surface area contributed by atoms with Crippen molar-refractivity contribution in [2.24, 2.45) is 0 Å². The van der Waals surface area contributed by atoms with Gasteiger partial charge in [0.2, 0.25) is 0 Å². The van der Waals surface area contributed by atoms with Crippen molar-refractivity contribution >= 4 is 35.3 Å². The maximum Gasteiger partial charge on any atom is 0.494 e. The second kappa shape index (κ2) is 9.03. The molecule has 0 saturated carbocycles. The number of aromatic nitrogens is 3. The highest BCUT2D eigenvalue weighted by atomic mass is 35.5. The van der Waals surface area contributed by atoms with Gasteiger partial charge in [0, 0.05) is 12.0 Å². The number of aromatic amines is 1. The first-order valence-corrected chi connectivity index (χ1v) is 12.0. The van der Waals surface area contributed by atoms with E-state index in [2.05, 4.69) is 15.0 Å². The normalized spacial score (nSPS) is 25.8. The van der Waals surface area contributed by atoms with Gasteiger partial charge in [0.15, 0.2) is 5.65 Å². The van der Waals surface area contributed by atoms with Crippen LogP contribution in [0.25, 0.3) is 22.4 Å². The molecule has 0 bridgehead atoms. The highest BCUT2D eigenvalue weighted by molar-refractivity contribution is 6.62. The number of H-pyrrole nitrogens is 1. The Morgan fingerprint density at radius 1 is 1.14 bits per heavy atom. The first-order valence-electron chi connectivity index (χ1n) is 11.7. The number of imidazole rings is 1. The fourth-order valence-electron chi connectivity index (χ4n) is 4.18. The van der Waals surface area contributed by atoms with Crippen molar-refractivity contribution in [3.63, 3.8) is 0 Å². The van der Waals surface area contributed by atoms with Crippen molar-refractivity contribution in [3.05, 3.63) is 35.4 Å². The van der Waals surface area contributed by atoms with E-state index in [-0.39, 0.29) is 19.2 Å². The van der Waals surface area contributed by atoms with Gasteiger partial charge in [-0.3, -0.25) is 0 Å². The maximum absolute atomic E-state index is 10.1. The van der Waals surface area contributed by atoms with Crippen molar-refractivity contribution in [2.75, 3.05) is 13.2 Å². The molecule has 186 valence electrons. The molecule has 2 aliphatic rings. The zero-order chi connectivity index (χ0) is 25.0. The summed E-state index contributed by atoms with van der Waals surface area (Å²) in [5, 5.41) is 19.7. The Hall–Kier alpha value is -2.21. The molecule has 2 aromatic heterocycles. The van der Waals surface area contributed by atoms with Crippen LogP contribution in [0, 0.1) is 0 Å². The molecule has 2 aliphatic heterocycles. The van der Waals surface area contributed by atoms with Gasteiger partial charge >= 0.3 is 7.12 Å². The van der Waals surface area contributed by atoms with Crippen molar-refractivity contribution in [2.45, 2.75) is 63.6 Å². The van der Waals surface area contributed by atoms with Gasteiger partial charge in [-0.15, -0.1) is 0 Å². The number of ether oxygens (including phenoxy) is 2. The summed E-state index contributed by atoms with van der Waals surface area (Å²) in [5.41, 5.74) is 2.62. The molecule has 3 unspecified atom stereocenters. The van der Waals surface area contributed by atoms with Crippen LogP contribution >= 0.6 is 11.6 Å². The zero-order valence-corrected chi connectivity index (χ0v) is 20.9. The quantitative estimate of drug-likeness (QED) is 0.456. The van der Waals surface area contributed by atoms with E-state index in [0.29, 0.717) is 28.3 Å². The molecule has 5 rings (SSSR count). The number of pyridine rings is 1. The Labute approximate surface area is 208 Å². The average Bonchev–Trinajstić information content (AvgIpc) is 3.28. The maximum atomic E-state index is 10.1. The van der Waals surface area contributed by atoms with E-state index in [1.807, 2.05) is 52.0 Å². The number of aliphatic hydroxyl groups is 2. The number of halogens is 1. The molecule has 0 amide bonds. The lowest BCUT2D eigenvalue weighted by Gasteiger charge is -2.32. The van der Waals surface area contributed by atoms with E-state index in [4.69, 9.17) is 30.4 Å². The molecule has 35 heavy (non-hydrogen) atoms. The number of nitrogens with zero attached hydrogens (tertiary/aromatic N) is 2. The molecule has 4 heterocycles. The summed E-state index contributed by atoms with van der Waals surface area (Å²) >= 11 is 6.55. The fourth-order valence-corrected chi connectivity index (χ4v) is 4.44. The van der Waals surface area contributed by atoms with Crippen LogP contribution in [0.3, 0.4) is 0 Å². The molecular formula is C24H29BClN3O6. The molecule has 3 N–H and O–H groups in total. The van der Waals surface area contributed by atoms with Gasteiger partial charge in [-0.05, 0) is 39.2 Å². The number of nitrogens with one attached hydrogen (secondary N) is 1. The molecule has 1 aromatic carbocycles. The standard InChI is InChI=1S/C24H29BClN3O6/c1-23(2)24(3,4)35-25(34-23)14-7-5-13(6-8-14)20-16(26)10-17-21(28-20)29-22(27-17)33-15-9-18(31)19(11-30)32-12-15/h5-8,10,15,18-19,30-31H,9,11-12H2,1-4H3,(H,27,28,29). The Kier molecular flexibility index (Phi) is 6.32. The summed E-state index contributed by atoms with van der Waals surface area (Å²) in [6.45, 7) is 8.11. The minimum atomic E-state index is -0.803. The lowest BCUT2D eigenvalue weighted by atomic mass is 9.79. The minimum Gasteiger partial charge on any atom is -0.459 e. The molecule has 0 radical (unpaired) electrons. The lowest BCUT2D eigenvalue weighted by Crippen LogP contribution is -2.45. The van der Waals surface area contributed by atoms with E-state index < -0.39 is 36.6 Å². The highest BCUT2D eigenvalue weighted by Crippen LogP contribution is 2.37. The van der Waals surface area contributed by atoms with E-state index in [0.717, 1.165) is 11.0 Å². The fraction of sp³-hybridized carbons (Fsp3) is 0.500. The van der Waals surface area contributed by atoms with Crippen molar-refractivity contribution in [3.8, 4) is 17.3 Å². The summed E-state index contributed by atoms with van der Waals surface area (Å²) in [6, 6.07) is 9.79. The van der Waals surface area contributed by atoms with Crippen LogP contribution < -0.4 is 10.2 Å². The Morgan fingerprint density at radius 3 is 2.46 bits per heavy atom. The van der Waals surface area contributed by atoms with Gasteiger partial charge in [0.05, 0.1) is 46.8 Å². The van der Waals surface area contributed by atoms with Crippen LogP contribution in [0.1, 0.15) is 34.1 Å². The first kappa shape index (κ1) is 24.5. The molecule has 9 nitrogen and oxygen atoms in total. The Bertz CT molecular complexity index is 1200. The monoisotopic (exact) mass is 501 g/mol. The number of fused-ring (bicyclic) bond motifs is 1. The number of hydrogen-bond donors (Lipinski definition) is 3. The van der Waals surface area contributed by atoms with E-state index in [1.165, 1.54) is 0 Å². The molecule has 2 saturated heterocycles. The predicted octanol–water partition coefficient (Wildman–Crippen LogP) is 2.47. The average molecular weight is 502 g/mol. The largest absolute Gasteiger partial charge is 0.494 e. The van der Waals surface area contributed by atoms with Crippen LogP contribution in [0.4, 0.5) is 0 Å². The van der Waals surface area contributed by atoms with E-state index >= 15 is 0 Å². The predicted molar refractivity (Wildman–Crippen MR) is 132 cm³/mol. The molecular weight excluding hydrogens is 473 g/mol. The van der Waals surface area contributed by atoms with Crippen LogP contribution in [-0.2, 0) is 14.0 Å². The SMILES string of the molecule is CC1(C)OB(c2ccc(-c3nc4nc(OC5COC(CO)C(O)C5)[nH]c4cc3Cl)cc2)OC1(C)C. The van der Waals surface area contributed by atoms with Gasteiger partial charge in [-0.1, -0.05) is 35.9 Å². The number of benzene rings is 1. The second-order valence-electron chi connectivity index (χ2n) is 10.0. The molecule has 3 atom stereocenters. The third-order valence-electron chi connectivity index (χ3n) is 7.00. The van der Waals surface area contributed by atoms with Crippen LogP contribution in [0.5, 0.6) is 6.01 Å². The van der Waals surface area contributed by atoms with Crippen LogP contribution in [-0.4, -0.2) is 75.0 Å². The molecule has 11 heteroatoms. The summed E-state index contributed by atoms with van der Waals surface area (Å²) in [4.78, 5) is 12.1. The van der Waals surface area contributed by atoms with Gasteiger partial charge in [-0.25, -0.2) is 4.98 Å². The van der Waals surface area contributed by atoms with Crippen LogP contribution in [0.2, 0.25) is 5.02 Å². The number of aliphatic hydroxyl groups excluding tert-OH is 2. The van der Waals surface area contributed by atoms with Gasteiger partial charge in [-0.2, -0.15) is 4.98 Å². The summed E-state index contributed by atoms with van der Waals surface area (Å²) in [7, 11) is -0.444. The molecule has 3 aromatic rings. The van der Waals surface area contributed by atoms with E-state index in [1.54, 1.807) is 6.07 Å². The van der Waals surface area contributed by atoms with Gasteiger partial charge < -0.3 is 34.0 Å². The number of hydrogen-bond acceptors (Lipinski definition) is 8. The van der Waals surface area contributed by atoms with E-state index in [9.17, 15) is 10.2 Å². The summed E-state index contributed by atoms with van der Waals surface area (Å²) in [6.07, 6.45) is -1.46. The second-order valence-corrected chi connectivity index (χ2v) is 10.4. The smallest absolute Gasteiger partial charge is 0.459 e. The van der Waals surface area contributed by atoms with Crippen molar-refractivity contribution in [1.29, 1.82) is 0 Å². The summed E-state index contributed by atoms with van der Waals surface area (Å²) < 4.78 is 23.6. The Morgan fingerprint density at radius 2 is 1.83 bits per heavy atom. The van der Waals surface area contributed by atoms with Crippen molar-refractivity contribution in [1.82, 2.24) is 15.0 Å². The highest BCUT2D eigenvalue weighted by Gasteiger charge is 2.51. The molecule has 0 spiro atoms. The summed E-state index contributed by atoms with van der Waals surface area (Å²) in [5.74, 6) is 0. The lowest BCUT2D eigenvalue weighted by molar-refractivity contribution is -0.131. The molecule has 0 aliphatic carbocycles. The van der Waals surface area contributed by atoms with Crippen molar-refractivity contribution < 1.29 is 29.0 Å². The third kappa shape index (κ3) is 4.66.